The predicted octanol–water partition coefficient (Wildman–Crippen LogP) is 18.9. The maximum absolute atomic E-state index is 6.79. The third kappa shape index (κ3) is 5.36. The summed E-state index contributed by atoms with van der Waals surface area (Å²) >= 11 is 0. The van der Waals surface area contributed by atoms with Crippen LogP contribution in [0.4, 0.5) is 0 Å². The molecule has 0 aliphatic heterocycles. The zero-order valence-corrected chi connectivity index (χ0v) is 38.0. The van der Waals surface area contributed by atoms with Gasteiger partial charge in [-0.3, -0.25) is 0 Å². The third-order valence-electron chi connectivity index (χ3n) is 14.8. The first-order valence-corrected chi connectivity index (χ1v) is 23.3. The lowest BCUT2D eigenvalue weighted by molar-refractivity contribution is 0.591. The molecule has 0 saturated heterocycles. The van der Waals surface area contributed by atoms with E-state index < -0.39 is 0 Å². The molecule has 0 unspecified atom stereocenters. The molecule has 66 heavy (non-hydrogen) atoms. The fourth-order valence-corrected chi connectivity index (χ4v) is 11.3. The summed E-state index contributed by atoms with van der Waals surface area (Å²) in [5, 5.41) is 20.1. The molecule has 2 aromatic heterocycles. The van der Waals surface area contributed by atoms with Crippen LogP contribution in [0.2, 0.25) is 0 Å². The molecule has 0 amide bonds. The van der Waals surface area contributed by atoms with Crippen molar-refractivity contribution in [3.8, 4) is 33.4 Å². The van der Waals surface area contributed by atoms with Gasteiger partial charge in [0.25, 0.3) is 0 Å². The summed E-state index contributed by atoms with van der Waals surface area (Å²) in [6.45, 7) is 13.8. The molecule has 2 heterocycles. The van der Waals surface area contributed by atoms with Gasteiger partial charge in [0.1, 0.15) is 22.3 Å². The van der Waals surface area contributed by atoms with E-state index >= 15 is 0 Å². The van der Waals surface area contributed by atoms with Gasteiger partial charge in [-0.2, -0.15) is 0 Å². The molecule has 314 valence electrons. The number of fused-ring (bicyclic) bond motifs is 6. The Morgan fingerprint density at radius 2 is 0.682 bits per heavy atom. The molecule has 0 N–H and O–H groups in total. The Balaban J connectivity index is 0.879. The average Bonchev–Trinajstić information content (AvgIpc) is 3.89. The lowest BCUT2D eigenvalue weighted by Crippen LogP contribution is -2.10. The summed E-state index contributed by atoms with van der Waals surface area (Å²) in [4.78, 5) is 0. The Morgan fingerprint density at radius 3 is 1.15 bits per heavy atom. The van der Waals surface area contributed by atoms with Gasteiger partial charge in [-0.25, -0.2) is 0 Å². The largest absolute Gasteiger partial charge is 0.456 e. The SMILES string of the molecule is CC(C)(C)c1cc2ccc3ccc(-c4ccc5oc6ccc(-c7cccc8c7oc7ccc(-c9ccc%10ccc%11cc(C(C)(C)C)cc%12ccc9c%10c%11%12)cc78)cc6c5c4)c4ccc(c1)c2c34. The Labute approximate surface area is 382 Å². The molecule has 14 rings (SSSR count). The first-order valence-electron chi connectivity index (χ1n) is 23.3. The zero-order chi connectivity index (χ0) is 44.4. The van der Waals surface area contributed by atoms with Crippen molar-refractivity contribution in [2.75, 3.05) is 0 Å². The monoisotopic (exact) mass is 846 g/mol. The topological polar surface area (TPSA) is 26.3 Å². The Kier molecular flexibility index (Phi) is 7.41. The number of benzene rings is 12. The van der Waals surface area contributed by atoms with Gasteiger partial charge in [-0.1, -0.05) is 175 Å². The van der Waals surface area contributed by atoms with Crippen molar-refractivity contribution < 1.29 is 8.83 Å². The van der Waals surface area contributed by atoms with Crippen LogP contribution in [-0.2, 0) is 10.8 Å². The number of hydrogen-bond donors (Lipinski definition) is 0. The van der Waals surface area contributed by atoms with Gasteiger partial charge in [0.05, 0.1) is 0 Å². The fourth-order valence-electron chi connectivity index (χ4n) is 11.3. The molecule has 0 aliphatic carbocycles. The minimum Gasteiger partial charge on any atom is -0.456 e. The van der Waals surface area contributed by atoms with Gasteiger partial charge < -0.3 is 8.83 Å². The molecule has 0 radical (unpaired) electrons. The number of rotatable bonds is 3. The lowest BCUT2D eigenvalue weighted by Gasteiger charge is -2.22. The molecule has 0 aliphatic rings. The van der Waals surface area contributed by atoms with E-state index in [9.17, 15) is 0 Å². The average molecular weight is 847 g/mol. The second-order valence-corrected chi connectivity index (χ2v) is 20.9. The van der Waals surface area contributed by atoms with Crippen molar-refractivity contribution in [2.45, 2.75) is 52.4 Å². The third-order valence-corrected chi connectivity index (χ3v) is 14.8. The predicted molar refractivity (Wildman–Crippen MR) is 282 cm³/mol. The first kappa shape index (κ1) is 37.7. The number of para-hydroxylation sites is 1. The minimum atomic E-state index is 0.0761. The second kappa shape index (κ2) is 13.0. The van der Waals surface area contributed by atoms with E-state index in [4.69, 9.17) is 8.83 Å². The van der Waals surface area contributed by atoms with Crippen LogP contribution in [0.5, 0.6) is 0 Å². The quantitative estimate of drug-likeness (QED) is 0.166. The van der Waals surface area contributed by atoms with Gasteiger partial charge in [-0.15, -0.1) is 0 Å². The number of hydrogen-bond acceptors (Lipinski definition) is 2. The summed E-state index contributed by atoms with van der Waals surface area (Å²) in [6.07, 6.45) is 0. The maximum atomic E-state index is 6.79. The van der Waals surface area contributed by atoms with Crippen molar-refractivity contribution in [2.24, 2.45) is 0 Å². The lowest BCUT2D eigenvalue weighted by atomic mass is 9.82. The molecule has 0 saturated carbocycles. The Bertz CT molecular complexity index is 4310. The zero-order valence-electron chi connectivity index (χ0n) is 38.0. The fraction of sp³-hybridized carbons (Fsp3) is 0.125. The molecule has 12 aromatic carbocycles. The standard InChI is InChI=1S/C64H46O2/c1-63(2,3)44-28-40-12-10-35-14-21-46(49-23-16-42(30-44)58(40)60(35)49)37-19-27-57-52(32-37)51-9-7-8-48(62(51)66-57)39-20-26-56-54(34-39)53-33-38(18-25-55(53)65-56)47-22-15-36-11-13-41-29-45(64(4,5)6)31-43-17-24-50(47)61(36)59(41)43/h7-34H,1-6H3. The van der Waals surface area contributed by atoms with Crippen LogP contribution >= 0.6 is 0 Å². The van der Waals surface area contributed by atoms with Crippen LogP contribution < -0.4 is 0 Å². The van der Waals surface area contributed by atoms with Crippen LogP contribution in [0.15, 0.2) is 179 Å². The van der Waals surface area contributed by atoms with E-state index in [1.54, 1.807) is 0 Å². The van der Waals surface area contributed by atoms with E-state index in [1.807, 2.05) is 0 Å². The second-order valence-electron chi connectivity index (χ2n) is 20.9. The molecule has 2 heteroatoms. The smallest absolute Gasteiger partial charge is 0.143 e. The van der Waals surface area contributed by atoms with Gasteiger partial charge in [0.2, 0.25) is 0 Å². The molecule has 0 bridgehead atoms. The van der Waals surface area contributed by atoms with Crippen molar-refractivity contribution in [3.63, 3.8) is 0 Å². The molecule has 14 aromatic rings. The van der Waals surface area contributed by atoms with Crippen molar-refractivity contribution in [3.05, 3.63) is 181 Å². The van der Waals surface area contributed by atoms with E-state index in [2.05, 4.69) is 211 Å². The Hall–Kier alpha value is -7.68. The highest BCUT2D eigenvalue weighted by Gasteiger charge is 2.22. The van der Waals surface area contributed by atoms with Crippen LogP contribution in [0, 0.1) is 0 Å². The van der Waals surface area contributed by atoms with E-state index in [0.717, 1.165) is 55.0 Å². The summed E-state index contributed by atoms with van der Waals surface area (Å²) in [6, 6.07) is 63.6. The van der Waals surface area contributed by atoms with Gasteiger partial charge in [0, 0.05) is 27.1 Å². The highest BCUT2D eigenvalue weighted by Crippen LogP contribution is 2.46. The highest BCUT2D eigenvalue weighted by atomic mass is 16.3. The van der Waals surface area contributed by atoms with E-state index in [-0.39, 0.29) is 10.8 Å². The summed E-state index contributed by atoms with van der Waals surface area (Å²) in [5.41, 5.74) is 13.4. The molecule has 0 spiro atoms. The van der Waals surface area contributed by atoms with Gasteiger partial charge in [-0.05, 0) is 151 Å². The summed E-state index contributed by atoms with van der Waals surface area (Å²) < 4.78 is 13.3. The van der Waals surface area contributed by atoms with Crippen LogP contribution in [-0.4, -0.2) is 0 Å². The molecular formula is C64H46O2. The van der Waals surface area contributed by atoms with Crippen molar-refractivity contribution >= 4 is 109 Å². The summed E-state index contributed by atoms with van der Waals surface area (Å²) in [7, 11) is 0. The maximum Gasteiger partial charge on any atom is 0.143 e. The minimum absolute atomic E-state index is 0.0761. The van der Waals surface area contributed by atoms with Crippen LogP contribution in [0.1, 0.15) is 52.7 Å². The molecule has 0 atom stereocenters. The normalized spacial score (nSPS) is 13.0. The van der Waals surface area contributed by atoms with Crippen LogP contribution in [0.25, 0.3) is 142 Å². The number of furan rings is 2. The first-order chi connectivity index (χ1) is 31.9. The Morgan fingerprint density at radius 1 is 0.288 bits per heavy atom. The van der Waals surface area contributed by atoms with Crippen LogP contribution in [0.3, 0.4) is 0 Å². The van der Waals surface area contributed by atoms with Crippen molar-refractivity contribution in [1.29, 1.82) is 0 Å². The molecule has 0 fully saturated rings. The van der Waals surface area contributed by atoms with E-state index in [1.165, 1.54) is 98.0 Å². The summed E-state index contributed by atoms with van der Waals surface area (Å²) in [5.74, 6) is 0. The van der Waals surface area contributed by atoms with Crippen molar-refractivity contribution in [1.82, 2.24) is 0 Å². The van der Waals surface area contributed by atoms with Gasteiger partial charge in [0.15, 0.2) is 0 Å². The highest BCUT2D eigenvalue weighted by molar-refractivity contribution is 6.27. The molecule has 2 nitrogen and oxygen atoms in total. The molecular weight excluding hydrogens is 801 g/mol. The van der Waals surface area contributed by atoms with Gasteiger partial charge >= 0.3 is 0 Å². The van der Waals surface area contributed by atoms with E-state index in [0.29, 0.717) is 0 Å².